The maximum Gasteiger partial charge on any atom is 0.355 e. The van der Waals surface area contributed by atoms with E-state index in [1.165, 1.54) is 25.3 Å². The minimum atomic E-state index is -1.29. The maximum absolute atomic E-state index is 13.8. The summed E-state index contributed by atoms with van der Waals surface area (Å²) in [5, 5.41) is 8.96. The Morgan fingerprint density at radius 2 is 1.94 bits per heavy atom. The fourth-order valence-electron chi connectivity index (χ4n) is 1.65. The van der Waals surface area contributed by atoms with Gasteiger partial charge in [-0.25, -0.2) is 18.6 Å². The molecule has 0 fully saturated rings. The van der Waals surface area contributed by atoms with E-state index < -0.39 is 17.6 Å². The summed E-state index contributed by atoms with van der Waals surface area (Å²) in [4.78, 5) is 14.6. The molecule has 3 nitrogen and oxygen atoms in total. The summed E-state index contributed by atoms with van der Waals surface area (Å²) in [6.45, 7) is 1.43. The Morgan fingerprint density at radius 3 is 2.61 bits per heavy atom. The molecule has 2 aromatic rings. The zero-order valence-corrected chi connectivity index (χ0v) is 9.45. The molecule has 1 aromatic heterocycles. The van der Waals surface area contributed by atoms with E-state index in [9.17, 15) is 13.6 Å². The second kappa shape index (κ2) is 4.52. The van der Waals surface area contributed by atoms with E-state index in [2.05, 4.69) is 4.98 Å². The van der Waals surface area contributed by atoms with Crippen LogP contribution in [0.5, 0.6) is 0 Å². The van der Waals surface area contributed by atoms with E-state index >= 15 is 0 Å². The van der Waals surface area contributed by atoms with Crippen molar-refractivity contribution in [2.24, 2.45) is 0 Å². The number of nitrogens with zero attached hydrogens (tertiary/aromatic N) is 1. The molecule has 1 aromatic carbocycles. The smallest absolute Gasteiger partial charge is 0.355 e. The van der Waals surface area contributed by atoms with Crippen molar-refractivity contribution < 1.29 is 18.7 Å². The van der Waals surface area contributed by atoms with Crippen LogP contribution in [0.4, 0.5) is 8.78 Å². The summed E-state index contributed by atoms with van der Waals surface area (Å²) in [6, 6.07) is 4.88. The van der Waals surface area contributed by atoms with Crippen molar-refractivity contribution in [2.45, 2.75) is 6.92 Å². The third kappa shape index (κ3) is 2.07. The summed E-state index contributed by atoms with van der Waals surface area (Å²) in [7, 11) is 0. The first-order valence-corrected chi connectivity index (χ1v) is 5.15. The number of aromatic carboxylic acids is 1. The highest BCUT2D eigenvalue weighted by Gasteiger charge is 2.17. The molecule has 0 spiro atoms. The van der Waals surface area contributed by atoms with Gasteiger partial charge in [0.15, 0.2) is 5.69 Å². The number of pyridine rings is 1. The van der Waals surface area contributed by atoms with Crippen molar-refractivity contribution in [3.63, 3.8) is 0 Å². The molecule has 1 heterocycles. The van der Waals surface area contributed by atoms with Crippen molar-refractivity contribution in [1.82, 2.24) is 4.98 Å². The zero-order chi connectivity index (χ0) is 13.3. The highest BCUT2D eigenvalue weighted by Crippen LogP contribution is 2.27. The van der Waals surface area contributed by atoms with Crippen LogP contribution in [0.1, 0.15) is 16.1 Å². The van der Waals surface area contributed by atoms with Gasteiger partial charge < -0.3 is 5.11 Å². The molecule has 0 saturated heterocycles. The fraction of sp³-hybridized carbons (Fsp3) is 0.0769. The Bertz CT molecular complexity index is 626. The fourth-order valence-corrected chi connectivity index (χ4v) is 1.65. The molecular weight excluding hydrogens is 240 g/mol. The number of hydrogen-bond donors (Lipinski definition) is 1. The Balaban J connectivity index is 2.69. The molecule has 0 atom stereocenters. The minimum Gasteiger partial charge on any atom is -0.476 e. The molecule has 0 aliphatic carbocycles. The Morgan fingerprint density at radius 1 is 1.22 bits per heavy atom. The minimum absolute atomic E-state index is 0.0569. The van der Waals surface area contributed by atoms with Gasteiger partial charge in [0.1, 0.15) is 11.6 Å². The zero-order valence-electron chi connectivity index (χ0n) is 9.45. The number of carboxylic acid groups (broad SMARTS) is 1. The lowest BCUT2D eigenvalue weighted by atomic mass is 10.0. The SMILES string of the molecule is Cc1cc(F)c(-c2cccnc2C(=O)O)cc1F. The molecule has 0 amide bonds. The van der Waals surface area contributed by atoms with E-state index in [0.29, 0.717) is 0 Å². The first-order valence-electron chi connectivity index (χ1n) is 5.15. The molecule has 2 rings (SSSR count). The first kappa shape index (κ1) is 12.2. The van der Waals surface area contributed by atoms with Gasteiger partial charge in [-0.15, -0.1) is 0 Å². The van der Waals surface area contributed by atoms with Crippen LogP contribution in [0.25, 0.3) is 11.1 Å². The molecule has 92 valence electrons. The van der Waals surface area contributed by atoms with Gasteiger partial charge >= 0.3 is 5.97 Å². The van der Waals surface area contributed by atoms with Crippen LogP contribution in [0, 0.1) is 18.6 Å². The van der Waals surface area contributed by atoms with Crippen LogP contribution in [-0.2, 0) is 0 Å². The molecular formula is C13H9F2NO2. The predicted molar refractivity (Wildman–Crippen MR) is 61.3 cm³/mol. The van der Waals surface area contributed by atoms with Gasteiger partial charge in [-0.05, 0) is 30.7 Å². The maximum atomic E-state index is 13.8. The van der Waals surface area contributed by atoms with Gasteiger partial charge in [0.2, 0.25) is 0 Å². The number of halogens is 2. The highest BCUT2D eigenvalue weighted by molar-refractivity contribution is 5.93. The Kier molecular flexibility index (Phi) is 3.06. The Labute approximate surface area is 102 Å². The molecule has 0 unspecified atom stereocenters. The molecule has 0 saturated carbocycles. The number of hydrogen-bond acceptors (Lipinski definition) is 2. The van der Waals surface area contributed by atoms with Crippen molar-refractivity contribution >= 4 is 5.97 Å². The van der Waals surface area contributed by atoms with Crippen LogP contribution in [0.15, 0.2) is 30.5 Å². The normalized spacial score (nSPS) is 10.4. The first-order chi connectivity index (χ1) is 8.50. The van der Waals surface area contributed by atoms with Gasteiger partial charge in [-0.3, -0.25) is 0 Å². The van der Waals surface area contributed by atoms with Crippen molar-refractivity contribution in [3.05, 3.63) is 53.4 Å². The standard InChI is InChI=1S/C13H9F2NO2/c1-7-5-11(15)9(6-10(7)14)8-3-2-4-16-12(8)13(17)18/h2-6H,1H3,(H,17,18). The quantitative estimate of drug-likeness (QED) is 0.889. The average molecular weight is 249 g/mol. The van der Waals surface area contributed by atoms with E-state index in [0.717, 1.165) is 12.1 Å². The van der Waals surface area contributed by atoms with Gasteiger partial charge in [-0.2, -0.15) is 0 Å². The van der Waals surface area contributed by atoms with E-state index in [1.54, 1.807) is 0 Å². The van der Waals surface area contributed by atoms with Gasteiger partial charge in [0.05, 0.1) is 0 Å². The van der Waals surface area contributed by atoms with Crippen molar-refractivity contribution in [2.75, 3.05) is 0 Å². The third-order valence-corrected chi connectivity index (χ3v) is 2.55. The number of benzene rings is 1. The van der Waals surface area contributed by atoms with Crippen molar-refractivity contribution in [1.29, 1.82) is 0 Å². The topological polar surface area (TPSA) is 50.2 Å². The second-order valence-electron chi connectivity index (χ2n) is 3.79. The lowest BCUT2D eigenvalue weighted by molar-refractivity contribution is 0.0691. The predicted octanol–water partition coefficient (Wildman–Crippen LogP) is 3.03. The Hall–Kier alpha value is -2.30. The summed E-state index contributed by atoms with van der Waals surface area (Å²) in [5.74, 6) is -2.55. The molecule has 5 heteroatoms. The van der Waals surface area contributed by atoms with Gasteiger partial charge in [-0.1, -0.05) is 6.07 Å². The van der Waals surface area contributed by atoms with Crippen LogP contribution in [0.3, 0.4) is 0 Å². The van der Waals surface area contributed by atoms with Gasteiger partial charge in [0, 0.05) is 17.3 Å². The molecule has 1 N–H and O–H groups in total. The second-order valence-corrected chi connectivity index (χ2v) is 3.79. The monoisotopic (exact) mass is 249 g/mol. The third-order valence-electron chi connectivity index (χ3n) is 2.55. The number of aromatic nitrogens is 1. The largest absolute Gasteiger partial charge is 0.476 e. The molecule has 0 radical (unpaired) electrons. The highest BCUT2D eigenvalue weighted by atomic mass is 19.1. The number of rotatable bonds is 2. The van der Waals surface area contributed by atoms with Crippen LogP contribution < -0.4 is 0 Å². The number of aryl methyl sites for hydroxylation is 1. The lowest BCUT2D eigenvalue weighted by Crippen LogP contribution is -2.04. The number of carbonyl (C=O) groups is 1. The van der Waals surface area contributed by atoms with Crippen LogP contribution in [-0.4, -0.2) is 16.1 Å². The molecule has 0 aliphatic rings. The van der Waals surface area contributed by atoms with Crippen LogP contribution >= 0.6 is 0 Å². The summed E-state index contributed by atoms with van der Waals surface area (Å²) in [6.07, 6.45) is 1.29. The van der Waals surface area contributed by atoms with E-state index in [4.69, 9.17) is 5.11 Å². The lowest BCUT2D eigenvalue weighted by Gasteiger charge is -2.08. The van der Waals surface area contributed by atoms with Crippen LogP contribution in [0.2, 0.25) is 0 Å². The average Bonchev–Trinajstić information content (AvgIpc) is 2.34. The van der Waals surface area contributed by atoms with E-state index in [1.807, 2.05) is 0 Å². The molecule has 0 bridgehead atoms. The molecule has 0 aliphatic heterocycles. The number of carboxylic acids is 1. The van der Waals surface area contributed by atoms with Crippen molar-refractivity contribution in [3.8, 4) is 11.1 Å². The van der Waals surface area contributed by atoms with Gasteiger partial charge in [0.25, 0.3) is 0 Å². The summed E-state index contributed by atoms with van der Waals surface area (Å²) >= 11 is 0. The summed E-state index contributed by atoms with van der Waals surface area (Å²) in [5.41, 5.74) is -0.193. The summed E-state index contributed by atoms with van der Waals surface area (Å²) < 4.78 is 27.2. The van der Waals surface area contributed by atoms with E-state index in [-0.39, 0.29) is 22.4 Å². The molecule has 18 heavy (non-hydrogen) atoms.